The molecule has 0 aromatic carbocycles. The third kappa shape index (κ3) is 2.94. The average Bonchev–Trinajstić information content (AvgIpc) is 3.06. The Bertz CT molecular complexity index is 742. The van der Waals surface area contributed by atoms with Crippen molar-refractivity contribution < 1.29 is 8.42 Å². The van der Waals surface area contributed by atoms with Crippen molar-refractivity contribution in [1.82, 2.24) is 19.3 Å². The van der Waals surface area contributed by atoms with Gasteiger partial charge in [-0.1, -0.05) is 6.92 Å². The molecule has 2 aromatic heterocycles. The average molecular weight is 309 g/mol. The summed E-state index contributed by atoms with van der Waals surface area (Å²) in [7, 11) is -2.01. The summed E-state index contributed by atoms with van der Waals surface area (Å²) in [6.45, 7) is 2.87. The van der Waals surface area contributed by atoms with Crippen molar-refractivity contribution in [3.05, 3.63) is 24.3 Å². The molecule has 2 aromatic rings. The molecule has 1 saturated carbocycles. The molecule has 1 fully saturated rings. The van der Waals surface area contributed by atoms with Gasteiger partial charge in [0.05, 0.1) is 12.0 Å². The number of anilines is 1. The van der Waals surface area contributed by atoms with Gasteiger partial charge in [-0.3, -0.25) is 9.40 Å². The highest BCUT2D eigenvalue weighted by Gasteiger charge is 2.29. The first-order valence-corrected chi connectivity index (χ1v) is 8.56. The lowest BCUT2D eigenvalue weighted by atomic mass is 10.3. The Hall–Kier alpha value is -1.83. The van der Waals surface area contributed by atoms with Crippen LogP contribution in [0.3, 0.4) is 0 Å². The minimum absolute atomic E-state index is 0.175. The third-order valence-electron chi connectivity index (χ3n) is 3.48. The van der Waals surface area contributed by atoms with Gasteiger partial charge in [0.2, 0.25) is 0 Å². The van der Waals surface area contributed by atoms with E-state index in [2.05, 4.69) is 21.7 Å². The number of hydrogen-bond acceptors (Lipinski definition) is 4. The number of aryl methyl sites for hydroxylation is 2. The maximum atomic E-state index is 12.4. The lowest BCUT2D eigenvalue weighted by Gasteiger charge is -2.04. The molecule has 7 nitrogen and oxygen atoms in total. The summed E-state index contributed by atoms with van der Waals surface area (Å²) in [4.78, 5) is 4.07. The molecule has 1 N–H and O–H groups in total. The third-order valence-corrected chi connectivity index (χ3v) is 4.89. The first-order valence-electron chi connectivity index (χ1n) is 7.08. The van der Waals surface area contributed by atoms with Crippen LogP contribution < -0.4 is 4.72 Å². The van der Waals surface area contributed by atoms with Crippen molar-refractivity contribution in [2.45, 2.75) is 43.7 Å². The Morgan fingerprint density at radius 2 is 2.19 bits per heavy atom. The van der Waals surface area contributed by atoms with Gasteiger partial charge in [0.1, 0.15) is 0 Å². The summed E-state index contributed by atoms with van der Waals surface area (Å²) in [5, 5.41) is 4.46. The zero-order valence-electron chi connectivity index (χ0n) is 12.2. The van der Waals surface area contributed by atoms with E-state index in [1.54, 1.807) is 25.6 Å². The molecule has 21 heavy (non-hydrogen) atoms. The lowest BCUT2D eigenvalue weighted by Crippen LogP contribution is -2.16. The summed E-state index contributed by atoms with van der Waals surface area (Å²) in [6.07, 6.45) is 6.46. The van der Waals surface area contributed by atoms with Gasteiger partial charge in [-0.2, -0.15) is 13.5 Å². The molecule has 1 aliphatic rings. The van der Waals surface area contributed by atoms with Gasteiger partial charge in [-0.25, -0.2) is 4.98 Å². The van der Waals surface area contributed by atoms with Gasteiger partial charge in [-0.15, -0.1) is 0 Å². The van der Waals surface area contributed by atoms with Crippen molar-refractivity contribution in [1.29, 1.82) is 0 Å². The van der Waals surface area contributed by atoms with Crippen LogP contribution in [0.1, 0.15) is 37.8 Å². The van der Waals surface area contributed by atoms with Gasteiger partial charge in [-0.05, 0) is 19.3 Å². The number of aromatic nitrogens is 4. The number of hydrogen-bond donors (Lipinski definition) is 1. The highest BCUT2D eigenvalue weighted by atomic mass is 32.2. The van der Waals surface area contributed by atoms with Crippen LogP contribution >= 0.6 is 0 Å². The predicted octanol–water partition coefficient (Wildman–Crippen LogP) is 1.70. The molecule has 0 aliphatic heterocycles. The van der Waals surface area contributed by atoms with E-state index in [0.29, 0.717) is 11.7 Å². The molecule has 0 atom stereocenters. The quantitative estimate of drug-likeness (QED) is 0.880. The Balaban J connectivity index is 1.82. The van der Waals surface area contributed by atoms with Crippen molar-refractivity contribution in [2.75, 3.05) is 4.72 Å². The van der Waals surface area contributed by atoms with Gasteiger partial charge >= 0.3 is 0 Å². The second-order valence-electron chi connectivity index (χ2n) is 5.41. The van der Waals surface area contributed by atoms with Crippen LogP contribution in [0, 0.1) is 0 Å². The first kappa shape index (κ1) is 14.1. The van der Waals surface area contributed by atoms with E-state index in [1.807, 2.05) is 4.57 Å². The van der Waals surface area contributed by atoms with Crippen molar-refractivity contribution in [3.8, 4) is 0 Å². The molecule has 0 unspecified atom stereocenters. The lowest BCUT2D eigenvalue weighted by molar-refractivity contribution is 0.581. The van der Waals surface area contributed by atoms with E-state index in [9.17, 15) is 8.42 Å². The van der Waals surface area contributed by atoms with E-state index >= 15 is 0 Å². The van der Waals surface area contributed by atoms with Crippen molar-refractivity contribution in [3.63, 3.8) is 0 Å². The molecule has 0 amide bonds. The summed E-state index contributed by atoms with van der Waals surface area (Å²) in [5.74, 6) is 0.751. The van der Waals surface area contributed by atoms with Crippen LogP contribution in [0.15, 0.2) is 23.6 Å². The summed E-state index contributed by atoms with van der Waals surface area (Å²) in [5.41, 5.74) is 0.856. The molecule has 1 aliphatic carbocycles. The van der Waals surface area contributed by atoms with E-state index < -0.39 is 10.0 Å². The van der Waals surface area contributed by atoms with Crippen LogP contribution in [0.25, 0.3) is 0 Å². The molecule has 3 rings (SSSR count). The van der Waals surface area contributed by atoms with E-state index in [0.717, 1.165) is 31.5 Å². The standard InChI is InChI=1S/C13H19N5O2S/c1-3-6-18-8-12(14-9-18)16-21(19,20)13-7-11(10-4-5-10)15-17(13)2/h7-10,16H,3-6H2,1-2H3. The van der Waals surface area contributed by atoms with Gasteiger partial charge in [0.25, 0.3) is 10.0 Å². The van der Waals surface area contributed by atoms with E-state index in [-0.39, 0.29) is 5.03 Å². The van der Waals surface area contributed by atoms with Crippen molar-refractivity contribution >= 4 is 15.8 Å². The first-order chi connectivity index (χ1) is 9.99. The van der Waals surface area contributed by atoms with Crippen LogP contribution in [0.5, 0.6) is 0 Å². The largest absolute Gasteiger partial charge is 0.335 e. The Morgan fingerprint density at radius 3 is 2.86 bits per heavy atom. The highest BCUT2D eigenvalue weighted by molar-refractivity contribution is 7.92. The van der Waals surface area contributed by atoms with Crippen molar-refractivity contribution in [2.24, 2.45) is 7.05 Å². The van der Waals surface area contributed by atoms with Crippen LogP contribution in [-0.4, -0.2) is 27.7 Å². The van der Waals surface area contributed by atoms with E-state index in [4.69, 9.17) is 0 Å². The maximum absolute atomic E-state index is 12.4. The molecular weight excluding hydrogens is 290 g/mol. The van der Waals surface area contributed by atoms with Gasteiger partial charge in [0, 0.05) is 31.8 Å². The predicted molar refractivity (Wildman–Crippen MR) is 78.5 cm³/mol. The molecule has 0 radical (unpaired) electrons. The minimum Gasteiger partial charge on any atom is -0.335 e. The zero-order chi connectivity index (χ0) is 15.0. The van der Waals surface area contributed by atoms with E-state index in [1.165, 1.54) is 4.68 Å². The SMILES string of the molecule is CCCn1cnc(NS(=O)(=O)c2cc(C3CC3)nn2C)c1. The molecule has 0 spiro atoms. The number of nitrogens with zero attached hydrogens (tertiary/aromatic N) is 4. The van der Waals surface area contributed by atoms with Crippen LogP contribution in [0.2, 0.25) is 0 Å². The Labute approximate surface area is 124 Å². The topological polar surface area (TPSA) is 81.8 Å². The monoisotopic (exact) mass is 309 g/mol. The molecule has 0 bridgehead atoms. The van der Waals surface area contributed by atoms with Crippen LogP contribution in [0.4, 0.5) is 5.82 Å². The number of rotatable bonds is 6. The van der Waals surface area contributed by atoms with Gasteiger partial charge < -0.3 is 4.57 Å². The fraction of sp³-hybridized carbons (Fsp3) is 0.538. The van der Waals surface area contributed by atoms with Gasteiger partial charge in [0.15, 0.2) is 10.8 Å². The summed E-state index contributed by atoms with van der Waals surface area (Å²) >= 11 is 0. The smallest absolute Gasteiger partial charge is 0.280 e. The Kier molecular flexibility index (Phi) is 3.48. The molecule has 2 heterocycles. The molecule has 114 valence electrons. The second kappa shape index (κ2) is 5.18. The zero-order valence-corrected chi connectivity index (χ0v) is 13.0. The Morgan fingerprint density at radius 1 is 1.43 bits per heavy atom. The number of imidazole rings is 1. The fourth-order valence-corrected chi connectivity index (χ4v) is 3.43. The number of nitrogens with one attached hydrogen (secondary N) is 1. The summed E-state index contributed by atoms with van der Waals surface area (Å²) < 4.78 is 30.6. The molecule has 8 heteroatoms. The normalized spacial score (nSPS) is 15.3. The molecule has 0 saturated heterocycles. The molecular formula is C13H19N5O2S. The number of sulfonamides is 1. The second-order valence-corrected chi connectivity index (χ2v) is 7.04. The van der Waals surface area contributed by atoms with Crippen LogP contribution in [-0.2, 0) is 23.6 Å². The minimum atomic E-state index is -3.66. The highest BCUT2D eigenvalue weighted by Crippen LogP contribution is 2.39. The maximum Gasteiger partial charge on any atom is 0.280 e. The summed E-state index contributed by atoms with van der Waals surface area (Å²) in [6, 6.07) is 1.66. The fourth-order valence-electron chi connectivity index (χ4n) is 2.28.